The Balaban J connectivity index is 2.22. The Hall–Kier alpha value is -1.12. The molecule has 1 aromatic carbocycles. The van der Waals surface area contributed by atoms with Gasteiger partial charge in [-0.3, -0.25) is 0 Å². The molecule has 17 heavy (non-hydrogen) atoms. The number of rotatable bonds is 5. The third-order valence-electron chi connectivity index (χ3n) is 3.15. The van der Waals surface area contributed by atoms with Gasteiger partial charge in [0.2, 0.25) is 0 Å². The maximum Gasteiger partial charge on any atom is 0.0395 e. The highest BCUT2D eigenvalue weighted by atomic mass is 32.1. The SMILES string of the molecule is CCNC(c1ccsc1)C(C)c1ccccc1. The predicted molar refractivity (Wildman–Crippen MR) is 75.6 cm³/mol. The van der Waals surface area contributed by atoms with Crippen LogP contribution in [-0.4, -0.2) is 6.54 Å². The van der Waals surface area contributed by atoms with Crippen molar-refractivity contribution < 1.29 is 0 Å². The molecule has 0 spiro atoms. The summed E-state index contributed by atoms with van der Waals surface area (Å²) in [5, 5.41) is 7.98. The van der Waals surface area contributed by atoms with Crippen molar-refractivity contribution in [2.24, 2.45) is 0 Å². The summed E-state index contributed by atoms with van der Waals surface area (Å²) in [5.41, 5.74) is 2.79. The maximum atomic E-state index is 3.59. The van der Waals surface area contributed by atoms with Crippen LogP contribution >= 0.6 is 11.3 Å². The fourth-order valence-corrected chi connectivity index (χ4v) is 2.90. The molecule has 0 fully saturated rings. The van der Waals surface area contributed by atoms with E-state index in [0.29, 0.717) is 12.0 Å². The molecule has 2 atom stereocenters. The molecular weight excluding hydrogens is 226 g/mol. The fraction of sp³-hybridized carbons (Fsp3) is 0.333. The van der Waals surface area contributed by atoms with Gasteiger partial charge in [-0.2, -0.15) is 11.3 Å². The average molecular weight is 245 g/mol. The molecular formula is C15H19NS. The van der Waals surface area contributed by atoms with Gasteiger partial charge in [-0.1, -0.05) is 44.2 Å². The Morgan fingerprint density at radius 2 is 1.88 bits per heavy atom. The second kappa shape index (κ2) is 5.99. The van der Waals surface area contributed by atoms with Crippen molar-refractivity contribution >= 4 is 11.3 Å². The van der Waals surface area contributed by atoms with E-state index in [1.165, 1.54) is 11.1 Å². The van der Waals surface area contributed by atoms with Crippen molar-refractivity contribution in [1.82, 2.24) is 5.32 Å². The zero-order chi connectivity index (χ0) is 12.1. The summed E-state index contributed by atoms with van der Waals surface area (Å²) in [4.78, 5) is 0. The average Bonchev–Trinajstić information content (AvgIpc) is 2.90. The molecule has 0 saturated carbocycles. The van der Waals surface area contributed by atoms with E-state index < -0.39 is 0 Å². The van der Waals surface area contributed by atoms with Crippen LogP contribution in [0.25, 0.3) is 0 Å². The van der Waals surface area contributed by atoms with E-state index in [1.807, 2.05) is 0 Å². The van der Waals surface area contributed by atoms with Crippen LogP contribution in [0.1, 0.15) is 36.9 Å². The van der Waals surface area contributed by atoms with E-state index in [-0.39, 0.29) is 0 Å². The zero-order valence-corrected chi connectivity index (χ0v) is 11.2. The first-order valence-electron chi connectivity index (χ1n) is 6.13. The monoisotopic (exact) mass is 245 g/mol. The number of hydrogen-bond donors (Lipinski definition) is 1. The lowest BCUT2D eigenvalue weighted by Crippen LogP contribution is -2.25. The van der Waals surface area contributed by atoms with Crippen LogP contribution in [0.15, 0.2) is 47.2 Å². The molecule has 90 valence electrons. The van der Waals surface area contributed by atoms with E-state index >= 15 is 0 Å². The molecule has 0 aliphatic carbocycles. The highest BCUT2D eigenvalue weighted by Crippen LogP contribution is 2.31. The molecule has 2 heteroatoms. The molecule has 0 aliphatic heterocycles. The minimum Gasteiger partial charge on any atom is -0.310 e. The van der Waals surface area contributed by atoms with Crippen molar-refractivity contribution in [3.63, 3.8) is 0 Å². The molecule has 0 amide bonds. The number of nitrogens with one attached hydrogen (secondary N) is 1. The maximum absolute atomic E-state index is 3.59. The largest absolute Gasteiger partial charge is 0.310 e. The summed E-state index contributed by atoms with van der Waals surface area (Å²) < 4.78 is 0. The van der Waals surface area contributed by atoms with Crippen molar-refractivity contribution in [3.05, 3.63) is 58.3 Å². The van der Waals surface area contributed by atoms with Crippen molar-refractivity contribution in [1.29, 1.82) is 0 Å². The summed E-state index contributed by atoms with van der Waals surface area (Å²) in [7, 11) is 0. The first-order chi connectivity index (χ1) is 8.33. The molecule has 2 unspecified atom stereocenters. The van der Waals surface area contributed by atoms with Gasteiger partial charge in [0.1, 0.15) is 0 Å². The summed E-state index contributed by atoms with van der Waals surface area (Å²) in [6.45, 7) is 5.45. The first kappa shape index (κ1) is 12.3. The van der Waals surface area contributed by atoms with Crippen molar-refractivity contribution in [2.75, 3.05) is 6.54 Å². The standard InChI is InChI=1S/C15H19NS/c1-3-16-15(14-9-10-17-11-14)12(2)13-7-5-4-6-8-13/h4-12,15-16H,3H2,1-2H3. The van der Waals surface area contributed by atoms with Gasteiger partial charge in [0.05, 0.1) is 0 Å². The summed E-state index contributed by atoms with van der Waals surface area (Å²) in [6, 6.07) is 13.3. The fourth-order valence-electron chi connectivity index (χ4n) is 2.20. The molecule has 2 rings (SSSR count). The van der Waals surface area contributed by atoms with Crippen LogP contribution in [0.3, 0.4) is 0 Å². The Bertz CT molecular complexity index is 421. The number of thiophene rings is 1. The van der Waals surface area contributed by atoms with Crippen LogP contribution in [0.2, 0.25) is 0 Å². The minimum absolute atomic E-state index is 0.411. The van der Waals surface area contributed by atoms with Crippen LogP contribution < -0.4 is 5.32 Å². The quantitative estimate of drug-likeness (QED) is 0.832. The molecule has 1 heterocycles. The number of benzene rings is 1. The van der Waals surface area contributed by atoms with Crippen LogP contribution in [0.4, 0.5) is 0 Å². The first-order valence-corrected chi connectivity index (χ1v) is 7.07. The second-order valence-corrected chi connectivity index (χ2v) is 5.07. The molecule has 2 aromatic rings. The smallest absolute Gasteiger partial charge is 0.0395 e. The van der Waals surface area contributed by atoms with E-state index in [9.17, 15) is 0 Å². The molecule has 0 aliphatic rings. The van der Waals surface area contributed by atoms with Gasteiger partial charge in [0.15, 0.2) is 0 Å². The highest BCUT2D eigenvalue weighted by Gasteiger charge is 2.19. The van der Waals surface area contributed by atoms with Crippen molar-refractivity contribution in [3.8, 4) is 0 Å². The van der Waals surface area contributed by atoms with Gasteiger partial charge < -0.3 is 5.32 Å². The highest BCUT2D eigenvalue weighted by molar-refractivity contribution is 7.07. The van der Waals surface area contributed by atoms with Gasteiger partial charge in [0.25, 0.3) is 0 Å². The van der Waals surface area contributed by atoms with Gasteiger partial charge >= 0.3 is 0 Å². The molecule has 1 nitrogen and oxygen atoms in total. The van der Waals surface area contributed by atoms with Crippen LogP contribution in [0, 0.1) is 0 Å². The van der Waals surface area contributed by atoms with Gasteiger partial charge in [-0.15, -0.1) is 0 Å². The lowest BCUT2D eigenvalue weighted by Gasteiger charge is -2.24. The normalized spacial score (nSPS) is 14.5. The third kappa shape index (κ3) is 2.96. The predicted octanol–water partition coefficient (Wildman–Crippen LogP) is 4.20. The van der Waals surface area contributed by atoms with E-state index in [4.69, 9.17) is 0 Å². The summed E-state index contributed by atoms with van der Waals surface area (Å²) in [6.07, 6.45) is 0. The topological polar surface area (TPSA) is 12.0 Å². The summed E-state index contributed by atoms with van der Waals surface area (Å²) >= 11 is 1.77. The van der Waals surface area contributed by atoms with Crippen molar-refractivity contribution in [2.45, 2.75) is 25.8 Å². The molecule has 1 N–H and O–H groups in total. The Morgan fingerprint density at radius 3 is 2.47 bits per heavy atom. The molecule has 0 bridgehead atoms. The van der Waals surface area contributed by atoms with Gasteiger partial charge in [-0.05, 0) is 34.5 Å². The molecule has 0 radical (unpaired) electrons. The summed E-state index contributed by atoms with van der Waals surface area (Å²) in [5.74, 6) is 0.491. The minimum atomic E-state index is 0.411. The second-order valence-electron chi connectivity index (χ2n) is 4.29. The molecule has 0 saturated heterocycles. The molecule has 1 aromatic heterocycles. The van der Waals surface area contributed by atoms with E-state index in [2.05, 4.69) is 66.3 Å². The lowest BCUT2D eigenvalue weighted by molar-refractivity contribution is 0.480. The third-order valence-corrected chi connectivity index (χ3v) is 3.85. The van der Waals surface area contributed by atoms with Gasteiger partial charge in [0, 0.05) is 12.0 Å². The Labute approximate surface area is 108 Å². The van der Waals surface area contributed by atoms with E-state index in [1.54, 1.807) is 11.3 Å². The number of hydrogen-bond acceptors (Lipinski definition) is 2. The Morgan fingerprint density at radius 1 is 1.12 bits per heavy atom. The Kier molecular flexibility index (Phi) is 4.35. The van der Waals surface area contributed by atoms with Gasteiger partial charge in [-0.25, -0.2) is 0 Å². The van der Waals surface area contributed by atoms with Crippen LogP contribution in [0.5, 0.6) is 0 Å². The van der Waals surface area contributed by atoms with Crippen LogP contribution in [-0.2, 0) is 0 Å². The lowest BCUT2D eigenvalue weighted by atomic mass is 9.90. The van der Waals surface area contributed by atoms with E-state index in [0.717, 1.165) is 6.54 Å². The number of likely N-dealkylation sites (N-methyl/N-ethyl adjacent to an activating group) is 1. The zero-order valence-electron chi connectivity index (χ0n) is 10.4.